The van der Waals surface area contributed by atoms with Crippen LogP contribution < -0.4 is 16.0 Å². The molecule has 0 fully saturated rings. The fourth-order valence-corrected chi connectivity index (χ4v) is 2.41. The van der Waals surface area contributed by atoms with Crippen molar-refractivity contribution in [3.05, 3.63) is 18.3 Å². The number of nitrogens with one attached hydrogen (secondary N) is 2. The molecule has 1 aromatic heterocycles. The van der Waals surface area contributed by atoms with Gasteiger partial charge in [-0.05, 0) is 19.4 Å². The van der Waals surface area contributed by atoms with Crippen molar-refractivity contribution in [3.63, 3.8) is 0 Å². The molecule has 6 nitrogen and oxygen atoms in total. The summed E-state index contributed by atoms with van der Waals surface area (Å²) in [5, 5.41) is 0. The predicted octanol–water partition coefficient (Wildman–Crippen LogP) is 0.444. The van der Waals surface area contributed by atoms with E-state index < -0.39 is 10.0 Å². The first-order valence-corrected chi connectivity index (χ1v) is 6.43. The minimum Gasteiger partial charge on any atom is -0.308 e. The number of nitrogens with two attached hydrogens (primary N) is 1. The molecule has 7 heteroatoms. The highest BCUT2D eigenvalue weighted by atomic mass is 32.2. The lowest BCUT2D eigenvalue weighted by molar-refractivity contribution is 0.556. The second kappa shape index (κ2) is 5.24. The lowest BCUT2D eigenvalue weighted by Crippen LogP contribution is -2.32. The van der Waals surface area contributed by atoms with Crippen molar-refractivity contribution in [3.8, 4) is 0 Å². The summed E-state index contributed by atoms with van der Waals surface area (Å²) in [6.07, 6.45) is 2.12. The molecule has 0 saturated carbocycles. The molecule has 4 N–H and O–H groups in total. The zero-order chi connectivity index (χ0) is 12.2. The molecule has 1 heterocycles. The van der Waals surface area contributed by atoms with Crippen molar-refractivity contribution in [1.82, 2.24) is 9.71 Å². The smallest absolute Gasteiger partial charge is 0.240 e. The molecule has 1 atom stereocenters. The molecule has 0 bridgehead atoms. The maximum Gasteiger partial charge on any atom is 0.240 e. The van der Waals surface area contributed by atoms with Gasteiger partial charge >= 0.3 is 0 Å². The number of rotatable bonds is 5. The average Bonchev–Trinajstić information content (AvgIpc) is 2.28. The van der Waals surface area contributed by atoms with Gasteiger partial charge in [0.05, 0.1) is 4.90 Å². The average molecular weight is 244 g/mol. The monoisotopic (exact) mass is 244 g/mol. The van der Waals surface area contributed by atoms with Crippen LogP contribution in [0.4, 0.5) is 5.82 Å². The maximum absolute atomic E-state index is 11.9. The molecule has 0 aliphatic rings. The Balaban J connectivity index is 2.98. The maximum atomic E-state index is 11.9. The summed E-state index contributed by atoms with van der Waals surface area (Å²) in [6, 6.07) is 2.70. The molecule has 0 aliphatic heterocycles. The van der Waals surface area contributed by atoms with Crippen molar-refractivity contribution in [2.75, 3.05) is 5.43 Å². The number of aromatic nitrogens is 1. The number of pyridine rings is 1. The van der Waals surface area contributed by atoms with Crippen molar-refractivity contribution in [1.29, 1.82) is 0 Å². The summed E-state index contributed by atoms with van der Waals surface area (Å²) < 4.78 is 26.3. The minimum absolute atomic E-state index is 0.104. The van der Waals surface area contributed by atoms with E-state index in [1.807, 2.05) is 6.92 Å². The molecule has 0 aromatic carbocycles. The van der Waals surface area contributed by atoms with Gasteiger partial charge in [0.15, 0.2) is 0 Å². The van der Waals surface area contributed by atoms with Gasteiger partial charge in [0.25, 0.3) is 0 Å². The van der Waals surface area contributed by atoms with Gasteiger partial charge in [-0.3, -0.25) is 0 Å². The van der Waals surface area contributed by atoms with Crippen molar-refractivity contribution >= 4 is 15.8 Å². The summed E-state index contributed by atoms with van der Waals surface area (Å²) in [5.41, 5.74) is 2.30. The first-order chi connectivity index (χ1) is 7.49. The number of sulfonamides is 1. The summed E-state index contributed by atoms with van der Waals surface area (Å²) in [4.78, 5) is 3.99. The predicted molar refractivity (Wildman–Crippen MR) is 62.1 cm³/mol. The normalized spacial score (nSPS) is 13.4. The second-order valence-corrected chi connectivity index (χ2v) is 5.17. The molecule has 16 heavy (non-hydrogen) atoms. The zero-order valence-electron chi connectivity index (χ0n) is 9.27. The number of nitrogen functional groups attached to an aromatic ring is 1. The van der Waals surface area contributed by atoms with Gasteiger partial charge in [-0.1, -0.05) is 6.92 Å². The summed E-state index contributed by atoms with van der Waals surface area (Å²) in [6.45, 7) is 3.72. The minimum atomic E-state index is -3.49. The zero-order valence-corrected chi connectivity index (χ0v) is 10.1. The molecule has 1 unspecified atom stereocenters. The van der Waals surface area contributed by atoms with Crippen LogP contribution >= 0.6 is 0 Å². The van der Waals surface area contributed by atoms with Crippen molar-refractivity contribution in [2.45, 2.75) is 31.2 Å². The van der Waals surface area contributed by atoms with Crippen LogP contribution in [0.2, 0.25) is 0 Å². The first-order valence-electron chi connectivity index (χ1n) is 4.94. The van der Waals surface area contributed by atoms with E-state index in [1.165, 1.54) is 18.3 Å². The molecule has 0 radical (unpaired) electrons. The Kier molecular flexibility index (Phi) is 4.22. The number of anilines is 1. The fourth-order valence-electron chi connectivity index (χ4n) is 1.07. The van der Waals surface area contributed by atoms with Gasteiger partial charge in [0.2, 0.25) is 10.0 Å². The number of nitrogens with zero attached hydrogens (tertiary/aromatic N) is 1. The molecule has 1 aromatic rings. The van der Waals surface area contributed by atoms with Crippen LogP contribution in [0.15, 0.2) is 23.2 Å². The Morgan fingerprint density at radius 1 is 1.56 bits per heavy atom. The van der Waals surface area contributed by atoms with Crippen molar-refractivity contribution < 1.29 is 8.42 Å². The highest BCUT2D eigenvalue weighted by Gasteiger charge is 2.16. The number of hydrogen-bond donors (Lipinski definition) is 3. The Morgan fingerprint density at radius 3 is 2.81 bits per heavy atom. The fraction of sp³-hybridized carbons (Fsp3) is 0.444. The summed E-state index contributed by atoms with van der Waals surface area (Å²) in [7, 11) is -3.49. The van der Waals surface area contributed by atoms with Crippen molar-refractivity contribution in [2.24, 2.45) is 5.84 Å². The Hall–Kier alpha value is -1.18. The lowest BCUT2D eigenvalue weighted by Gasteiger charge is -2.12. The molecular formula is C9H16N4O2S. The van der Waals surface area contributed by atoms with Crippen LogP contribution in [-0.2, 0) is 10.0 Å². The third-order valence-electron chi connectivity index (χ3n) is 2.16. The summed E-state index contributed by atoms with van der Waals surface area (Å²) in [5.74, 6) is 5.47. The van der Waals surface area contributed by atoms with Crippen LogP contribution in [-0.4, -0.2) is 19.4 Å². The third kappa shape index (κ3) is 3.16. The van der Waals surface area contributed by atoms with E-state index in [-0.39, 0.29) is 10.9 Å². The van der Waals surface area contributed by atoms with Gasteiger partial charge in [0, 0.05) is 18.3 Å². The van der Waals surface area contributed by atoms with Gasteiger partial charge < -0.3 is 5.43 Å². The van der Waals surface area contributed by atoms with E-state index in [2.05, 4.69) is 15.1 Å². The van der Waals surface area contributed by atoms with E-state index in [4.69, 9.17) is 5.84 Å². The SMILES string of the molecule is CCC(C)NS(=O)(=O)c1ccnc(NN)c1. The largest absolute Gasteiger partial charge is 0.308 e. The lowest BCUT2D eigenvalue weighted by atomic mass is 10.3. The molecular weight excluding hydrogens is 228 g/mol. The molecule has 90 valence electrons. The van der Waals surface area contributed by atoms with Gasteiger partial charge in [-0.25, -0.2) is 24.0 Å². The van der Waals surface area contributed by atoms with E-state index in [9.17, 15) is 8.42 Å². The molecule has 0 aliphatic carbocycles. The van der Waals surface area contributed by atoms with Gasteiger partial charge in [-0.15, -0.1) is 0 Å². The van der Waals surface area contributed by atoms with E-state index in [0.29, 0.717) is 5.82 Å². The Labute approximate surface area is 95.3 Å². The molecule has 0 spiro atoms. The van der Waals surface area contributed by atoms with Crippen LogP contribution in [0, 0.1) is 0 Å². The number of hydrazine groups is 1. The Bertz CT molecular complexity index is 447. The van der Waals surface area contributed by atoms with Crippen LogP contribution in [0.3, 0.4) is 0 Å². The van der Waals surface area contributed by atoms with E-state index in [0.717, 1.165) is 6.42 Å². The Morgan fingerprint density at radius 2 is 2.25 bits per heavy atom. The van der Waals surface area contributed by atoms with Gasteiger partial charge in [-0.2, -0.15) is 0 Å². The molecule has 1 rings (SSSR count). The highest BCUT2D eigenvalue weighted by molar-refractivity contribution is 7.89. The quantitative estimate of drug-likeness (QED) is 0.516. The molecule has 0 saturated heterocycles. The standard InChI is InChI=1S/C9H16N4O2S/c1-3-7(2)13-16(14,15)8-4-5-11-9(6-8)12-10/h4-7,13H,3,10H2,1-2H3,(H,11,12). The van der Waals surface area contributed by atoms with E-state index >= 15 is 0 Å². The van der Waals surface area contributed by atoms with Gasteiger partial charge in [0.1, 0.15) is 5.82 Å². The first kappa shape index (κ1) is 12.9. The van der Waals surface area contributed by atoms with Crippen LogP contribution in [0.5, 0.6) is 0 Å². The molecule has 0 amide bonds. The van der Waals surface area contributed by atoms with Crippen LogP contribution in [0.1, 0.15) is 20.3 Å². The third-order valence-corrected chi connectivity index (χ3v) is 3.75. The number of hydrogen-bond acceptors (Lipinski definition) is 5. The van der Waals surface area contributed by atoms with E-state index in [1.54, 1.807) is 6.92 Å². The summed E-state index contributed by atoms with van der Waals surface area (Å²) >= 11 is 0. The second-order valence-electron chi connectivity index (χ2n) is 3.45. The highest BCUT2D eigenvalue weighted by Crippen LogP contribution is 2.12. The van der Waals surface area contributed by atoms with Crippen LogP contribution in [0.25, 0.3) is 0 Å². The topological polar surface area (TPSA) is 97.1 Å².